The molecule has 0 aromatic heterocycles. The first-order valence-electron chi connectivity index (χ1n) is 5.71. The third kappa shape index (κ3) is 3.56. The van der Waals surface area contributed by atoms with Crippen molar-refractivity contribution in [3.63, 3.8) is 0 Å². The van der Waals surface area contributed by atoms with Crippen LogP contribution >= 0.6 is 0 Å². The van der Waals surface area contributed by atoms with Crippen molar-refractivity contribution in [2.45, 2.75) is 32.2 Å². The summed E-state index contributed by atoms with van der Waals surface area (Å²) >= 11 is 0. The molecule has 0 aliphatic heterocycles. The van der Waals surface area contributed by atoms with Crippen molar-refractivity contribution >= 4 is 12.3 Å². The van der Waals surface area contributed by atoms with E-state index in [9.17, 15) is 14.7 Å². The van der Waals surface area contributed by atoms with Crippen LogP contribution in [0.4, 0.5) is 0 Å². The van der Waals surface area contributed by atoms with Crippen molar-refractivity contribution in [1.29, 1.82) is 0 Å². The van der Waals surface area contributed by atoms with Crippen molar-refractivity contribution in [3.8, 4) is 5.75 Å². The lowest BCUT2D eigenvalue weighted by atomic mass is 9.96. The molecule has 0 heterocycles. The van der Waals surface area contributed by atoms with Crippen LogP contribution in [0.3, 0.4) is 0 Å². The van der Waals surface area contributed by atoms with Gasteiger partial charge in [0.1, 0.15) is 5.75 Å². The normalized spacial score (nSPS) is 12.1. The lowest BCUT2D eigenvalue weighted by molar-refractivity contribution is -0.137. The van der Waals surface area contributed by atoms with Crippen LogP contribution in [0.1, 0.15) is 46.8 Å². The summed E-state index contributed by atoms with van der Waals surface area (Å²) in [5.41, 5.74) is 7.43. The summed E-state index contributed by atoms with van der Waals surface area (Å²) in [6.07, 6.45) is 1.50. The van der Waals surface area contributed by atoms with Gasteiger partial charge in [-0.25, -0.2) is 0 Å². The van der Waals surface area contributed by atoms with E-state index in [0.29, 0.717) is 24.7 Å². The minimum atomic E-state index is -0.871. The molecule has 1 aromatic rings. The van der Waals surface area contributed by atoms with Gasteiger partial charge in [0, 0.05) is 18.0 Å². The fraction of sp³-hybridized carbons (Fsp3) is 0.385. The van der Waals surface area contributed by atoms with E-state index in [4.69, 9.17) is 10.8 Å². The average molecular weight is 251 g/mol. The molecule has 0 bridgehead atoms. The number of aliphatic carboxylic acids is 1. The number of phenols is 1. The zero-order valence-corrected chi connectivity index (χ0v) is 10.2. The van der Waals surface area contributed by atoms with Crippen LogP contribution in [0.5, 0.6) is 5.75 Å². The van der Waals surface area contributed by atoms with Gasteiger partial charge in [0.05, 0.1) is 5.56 Å². The van der Waals surface area contributed by atoms with Crippen molar-refractivity contribution < 1.29 is 19.8 Å². The summed E-state index contributed by atoms with van der Waals surface area (Å²) in [6, 6.07) is 2.83. The lowest BCUT2D eigenvalue weighted by Crippen LogP contribution is -2.12. The number of hydrogen-bond donors (Lipinski definition) is 3. The Hall–Kier alpha value is -1.88. The maximum absolute atomic E-state index is 10.8. The first-order valence-corrected chi connectivity index (χ1v) is 5.71. The molecule has 0 spiro atoms. The fourth-order valence-corrected chi connectivity index (χ4v) is 1.84. The molecule has 0 radical (unpaired) electrons. The van der Waals surface area contributed by atoms with E-state index in [1.807, 2.05) is 0 Å². The second kappa shape index (κ2) is 6.16. The van der Waals surface area contributed by atoms with Gasteiger partial charge in [0.2, 0.25) is 0 Å². The van der Waals surface area contributed by atoms with Crippen LogP contribution < -0.4 is 5.73 Å². The zero-order valence-electron chi connectivity index (χ0n) is 10.2. The molecule has 0 saturated carbocycles. The summed E-state index contributed by atoms with van der Waals surface area (Å²) in [4.78, 5) is 21.2. The molecular weight excluding hydrogens is 234 g/mol. The molecule has 0 saturated heterocycles. The van der Waals surface area contributed by atoms with Crippen LogP contribution in [-0.4, -0.2) is 22.5 Å². The largest absolute Gasteiger partial charge is 0.507 e. The van der Waals surface area contributed by atoms with Gasteiger partial charge < -0.3 is 15.9 Å². The number of aromatic hydroxyl groups is 1. The highest BCUT2D eigenvalue weighted by Gasteiger charge is 2.15. The lowest BCUT2D eigenvalue weighted by Gasteiger charge is -2.15. The predicted octanol–water partition coefficient (Wildman–Crippen LogP) is 1.77. The Morgan fingerprint density at radius 3 is 2.72 bits per heavy atom. The quantitative estimate of drug-likeness (QED) is 0.669. The summed E-state index contributed by atoms with van der Waals surface area (Å²) in [5, 5.41) is 18.4. The number of rotatable bonds is 6. The smallest absolute Gasteiger partial charge is 0.303 e. The molecule has 98 valence electrons. The van der Waals surface area contributed by atoms with Gasteiger partial charge in [-0.2, -0.15) is 0 Å². The number of nitrogens with two attached hydrogens (primary N) is 1. The maximum atomic E-state index is 10.8. The standard InChI is InChI=1S/C13H17NO4/c1-8-5-9(7-15)13(18)10(6-8)11(14)3-2-4-12(16)17/h5-7,11,18H,2-4,14H2,1H3,(H,16,17)/t11-/m1/s1. The number of aryl methyl sites for hydroxylation is 1. The number of aldehydes is 1. The van der Waals surface area contributed by atoms with E-state index >= 15 is 0 Å². The van der Waals surface area contributed by atoms with E-state index in [1.54, 1.807) is 19.1 Å². The molecule has 0 amide bonds. The Labute approximate surface area is 105 Å². The number of carbonyl (C=O) groups excluding carboxylic acids is 1. The number of phenolic OH excluding ortho intramolecular Hbond substituents is 1. The molecule has 0 aliphatic carbocycles. The van der Waals surface area contributed by atoms with Crippen LogP contribution in [-0.2, 0) is 4.79 Å². The Morgan fingerprint density at radius 1 is 1.50 bits per heavy atom. The molecular formula is C13H17NO4. The summed E-state index contributed by atoms with van der Waals surface area (Å²) in [5.74, 6) is -0.984. The number of carboxylic acids is 1. The number of benzene rings is 1. The van der Waals surface area contributed by atoms with E-state index in [2.05, 4.69) is 0 Å². The topological polar surface area (TPSA) is 101 Å². The van der Waals surface area contributed by atoms with Gasteiger partial charge in [0.15, 0.2) is 6.29 Å². The van der Waals surface area contributed by atoms with E-state index < -0.39 is 12.0 Å². The SMILES string of the molecule is Cc1cc(C=O)c(O)c([C@H](N)CCCC(=O)O)c1. The van der Waals surface area contributed by atoms with Crippen molar-refractivity contribution in [2.24, 2.45) is 5.73 Å². The summed E-state index contributed by atoms with van der Waals surface area (Å²) in [7, 11) is 0. The monoisotopic (exact) mass is 251 g/mol. The molecule has 0 aliphatic rings. The summed E-state index contributed by atoms with van der Waals surface area (Å²) < 4.78 is 0. The van der Waals surface area contributed by atoms with Gasteiger partial charge >= 0.3 is 5.97 Å². The molecule has 1 aromatic carbocycles. The second-order valence-corrected chi connectivity index (χ2v) is 4.30. The molecule has 1 rings (SSSR count). The summed E-state index contributed by atoms with van der Waals surface area (Å²) in [6.45, 7) is 1.81. The Bertz CT molecular complexity index is 457. The zero-order chi connectivity index (χ0) is 13.7. The van der Waals surface area contributed by atoms with Gasteiger partial charge in [-0.3, -0.25) is 9.59 Å². The minimum absolute atomic E-state index is 0.0425. The molecule has 1 atom stereocenters. The first kappa shape index (κ1) is 14.2. The third-order valence-corrected chi connectivity index (χ3v) is 2.75. The highest BCUT2D eigenvalue weighted by molar-refractivity contribution is 5.80. The second-order valence-electron chi connectivity index (χ2n) is 4.30. The molecule has 18 heavy (non-hydrogen) atoms. The molecule has 0 fully saturated rings. The van der Waals surface area contributed by atoms with Gasteiger partial charge in [0.25, 0.3) is 0 Å². The number of carboxylic acid groups (broad SMARTS) is 1. The Morgan fingerprint density at radius 2 is 2.17 bits per heavy atom. The van der Waals surface area contributed by atoms with Crippen LogP contribution in [0.15, 0.2) is 12.1 Å². The molecule has 4 N–H and O–H groups in total. The Balaban J connectivity index is 2.84. The number of carbonyl (C=O) groups is 2. The third-order valence-electron chi connectivity index (χ3n) is 2.75. The number of hydrogen-bond acceptors (Lipinski definition) is 4. The van der Waals surface area contributed by atoms with E-state index in [1.165, 1.54) is 0 Å². The van der Waals surface area contributed by atoms with Crippen LogP contribution in [0, 0.1) is 6.92 Å². The molecule has 0 unspecified atom stereocenters. The highest BCUT2D eigenvalue weighted by atomic mass is 16.4. The minimum Gasteiger partial charge on any atom is -0.507 e. The van der Waals surface area contributed by atoms with Crippen LogP contribution in [0.2, 0.25) is 0 Å². The maximum Gasteiger partial charge on any atom is 0.303 e. The Kier molecular flexibility index (Phi) is 4.85. The van der Waals surface area contributed by atoms with E-state index in [0.717, 1.165) is 5.56 Å². The van der Waals surface area contributed by atoms with Gasteiger partial charge in [-0.05, 0) is 31.4 Å². The van der Waals surface area contributed by atoms with Crippen molar-refractivity contribution in [1.82, 2.24) is 0 Å². The predicted molar refractivity (Wildman–Crippen MR) is 66.6 cm³/mol. The van der Waals surface area contributed by atoms with E-state index in [-0.39, 0.29) is 17.7 Å². The van der Waals surface area contributed by atoms with Crippen molar-refractivity contribution in [2.75, 3.05) is 0 Å². The van der Waals surface area contributed by atoms with Gasteiger partial charge in [-0.15, -0.1) is 0 Å². The molecule has 5 heteroatoms. The first-order chi connectivity index (χ1) is 8.45. The van der Waals surface area contributed by atoms with Crippen LogP contribution in [0.25, 0.3) is 0 Å². The molecule has 5 nitrogen and oxygen atoms in total. The van der Waals surface area contributed by atoms with Gasteiger partial charge in [-0.1, -0.05) is 6.07 Å². The highest BCUT2D eigenvalue weighted by Crippen LogP contribution is 2.29. The fourth-order valence-electron chi connectivity index (χ4n) is 1.84. The average Bonchev–Trinajstić information content (AvgIpc) is 2.30. The van der Waals surface area contributed by atoms with Crippen molar-refractivity contribution in [3.05, 3.63) is 28.8 Å².